The Morgan fingerprint density at radius 3 is 2.61 bits per heavy atom. The number of Topliss-reactive ketones (excluding diaryl/α,β-unsaturated/α-hetero) is 1. The third-order valence-corrected chi connectivity index (χ3v) is 4.18. The molecule has 2 aromatic carbocycles. The molecule has 1 aliphatic rings. The van der Waals surface area contributed by atoms with Gasteiger partial charge < -0.3 is 10.6 Å². The quantitative estimate of drug-likeness (QED) is 0.853. The normalized spacial score (nSPS) is 16.5. The van der Waals surface area contributed by atoms with E-state index in [1.54, 1.807) is 24.3 Å². The molecule has 1 aliphatic heterocycles. The van der Waals surface area contributed by atoms with Gasteiger partial charge in [0.05, 0.1) is 0 Å². The molecular formula is C19H20N2O2. The van der Waals surface area contributed by atoms with E-state index < -0.39 is 0 Å². The molecule has 2 aromatic rings. The van der Waals surface area contributed by atoms with E-state index in [1.165, 1.54) is 18.1 Å². The van der Waals surface area contributed by atoms with Crippen LogP contribution in [0.25, 0.3) is 0 Å². The Kier molecular flexibility index (Phi) is 4.53. The Morgan fingerprint density at radius 2 is 1.87 bits per heavy atom. The van der Waals surface area contributed by atoms with Crippen molar-refractivity contribution in [2.45, 2.75) is 25.8 Å². The summed E-state index contributed by atoms with van der Waals surface area (Å²) >= 11 is 0. The minimum Gasteiger partial charge on any atom is -0.326 e. The molecule has 23 heavy (non-hydrogen) atoms. The number of hydrogen-bond donors (Lipinski definition) is 2. The molecule has 4 heteroatoms. The molecule has 1 heterocycles. The Morgan fingerprint density at radius 1 is 1.13 bits per heavy atom. The number of anilines is 1. The number of rotatable bonds is 4. The molecule has 118 valence electrons. The summed E-state index contributed by atoms with van der Waals surface area (Å²) in [6, 6.07) is 15.3. The van der Waals surface area contributed by atoms with Crippen molar-refractivity contribution in [3.63, 3.8) is 0 Å². The van der Waals surface area contributed by atoms with Crippen LogP contribution in [-0.4, -0.2) is 18.2 Å². The molecule has 0 fully saturated rings. The van der Waals surface area contributed by atoms with Crippen LogP contribution in [0.3, 0.4) is 0 Å². The second-order valence-corrected chi connectivity index (χ2v) is 5.84. The van der Waals surface area contributed by atoms with Crippen LogP contribution < -0.4 is 10.6 Å². The average Bonchev–Trinajstić information content (AvgIpc) is 2.55. The lowest BCUT2D eigenvalue weighted by Crippen LogP contribution is -2.32. The molecule has 2 N–H and O–H groups in total. The number of fused-ring (bicyclic) bond motifs is 1. The molecule has 0 saturated carbocycles. The largest absolute Gasteiger partial charge is 0.326 e. The average molecular weight is 308 g/mol. The highest BCUT2D eigenvalue weighted by molar-refractivity contribution is 5.95. The maximum atomic E-state index is 12.3. The first-order chi connectivity index (χ1) is 11.1. The molecule has 0 spiro atoms. The van der Waals surface area contributed by atoms with Crippen LogP contribution in [0.1, 0.15) is 40.9 Å². The van der Waals surface area contributed by atoms with E-state index >= 15 is 0 Å². The highest BCUT2D eigenvalue weighted by Crippen LogP contribution is 2.25. The minimum absolute atomic E-state index is 0.0193. The Balaban J connectivity index is 1.65. The number of carbonyl (C=O) groups excluding carboxylic acids is 2. The summed E-state index contributed by atoms with van der Waals surface area (Å²) in [7, 11) is 0. The summed E-state index contributed by atoms with van der Waals surface area (Å²) in [4.78, 5) is 23.6. The number of hydrogen-bond acceptors (Lipinski definition) is 3. The van der Waals surface area contributed by atoms with Crippen molar-refractivity contribution in [3.8, 4) is 0 Å². The van der Waals surface area contributed by atoms with Gasteiger partial charge in [0, 0.05) is 23.7 Å². The van der Waals surface area contributed by atoms with Crippen molar-refractivity contribution >= 4 is 17.4 Å². The van der Waals surface area contributed by atoms with Crippen LogP contribution in [0.5, 0.6) is 0 Å². The van der Waals surface area contributed by atoms with Gasteiger partial charge in [-0.05, 0) is 55.3 Å². The zero-order chi connectivity index (χ0) is 16.2. The predicted molar refractivity (Wildman–Crippen MR) is 90.6 cm³/mol. The maximum absolute atomic E-state index is 12.3. The van der Waals surface area contributed by atoms with Gasteiger partial charge in [0.1, 0.15) is 0 Å². The number of benzene rings is 2. The van der Waals surface area contributed by atoms with Crippen molar-refractivity contribution in [2.75, 3.05) is 11.9 Å². The summed E-state index contributed by atoms with van der Waals surface area (Å²) in [5.41, 5.74) is 3.88. The van der Waals surface area contributed by atoms with Gasteiger partial charge in [-0.25, -0.2) is 0 Å². The summed E-state index contributed by atoms with van der Waals surface area (Å²) in [5.74, 6) is -0.0133. The molecule has 4 nitrogen and oxygen atoms in total. The summed E-state index contributed by atoms with van der Waals surface area (Å²) in [5, 5.41) is 6.31. The van der Waals surface area contributed by atoms with Gasteiger partial charge in [-0.1, -0.05) is 24.3 Å². The maximum Gasteiger partial charge on any atom is 0.226 e. The van der Waals surface area contributed by atoms with E-state index in [-0.39, 0.29) is 17.7 Å². The summed E-state index contributed by atoms with van der Waals surface area (Å²) < 4.78 is 0. The van der Waals surface area contributed by atoms with Crippen molar-refractivity contribution in [2.24, 2.45) is 0 Å². The topological polar surface area (TPSA) is 58.2 Å². The smallest absolute Gasteiger partial charge is 0.226 e. The zero-order valence-electron chi connectivity index (χ0n) is 13.1. The second kappa shape index (κ2) is 6.75. The van der Waals surface area contributed by atoms with Crippen molar-refractivity contribution in [1.29, 1.82) is 0 Å². The van der Waals surface area contributed by atoms with E-state index in [4.69, 9.17) is 0 Å². The lowest BCUT2D eigenvalue weighted by molar-refractivity contribution is -0.116. The molecular weight excluding hydrogens is 288 g/mol. The Labute approximate surface area is 135 Å². The van der Waals surface area contributed by atoms with Crippen LogP contribution in [0.4, 0.5) is 5.69 Å². The van der Waals surface area contributed by atoms with E-state index in [0.29, 0.717) is 17.7 Å². The minimum atomic E-state index is -0.0326. The Bertz CT molecular complexity index is 722. The highest BCUT2D eigenvalue weighted by Gasteiger charge is 2.21. The molecule has 0 aromatic heterocycles. The SMILES string of the molecule is CC(=O)c1ccc(NC(=O)CC2NCCc3ccccc32)cc1. The van der Waals surface area contributed by atoms with Gasteiger partial charge in [-0.15, -0.1) is 0 Å². The standard InChI is InChI=1S/C19H20N2O2/c1-13(22)14-6-8-16(9-7-14)21-19(23)12-18-17-5-3-2-4-15(17)10-11-20-18/h2-9,18,20H,10-12H2,1H3,(H,21,23). The van der Waals surface area contributed by atoms with Crippen LogP contribution in [0, 0.1) is 0 Å². The number of ketones is 1. The third kappa shape index (κ3) is 3.66. The lowest BCUT2D eigenvalue weighted by atomic mass is 9.92. The highest BCUT2D eigenvalue weighted by atomic mass is 16.1. The van der Waals surface area contributed by atoms with Crippen LogP contribution >= 0.6 is 0 Å². The fourth-order valence-corrected chi connectivity index (χ4v) is 2.96. The van der Waals surface area contributed by atoms with Crippen LogP contribution in [0.2, 0.25) is 0 Å². The van der Waals surface area contributed by atoms with Gasteiger partial charge in [0.15, 0.2) is 5.78 Å². The summed E-state index contributed by atoms with van der Waals surface area (Å²) in [6.45, 7) is 2.42. The molecule has 0 radical (unpaired) electrons. The molecule has 1 unspecified atom stereocenters. The molecule has 1 amide bonds. The monoisotopic (exact) mass is 308 g/mol. The number of nitrogens with one attached hydrogen (secondary N) is 2. The van der Waals surface area contributed by atoms with Crippen LogP contribution in [-0.2, 0) is 11.2 Å². The van der Waals surface area contributed by atoms with Crippen LogP contribution in [0.15, 0.2) is 48.5 Å². The van der Waals surface area contributed by atoms with Crippen molar-refractivity contribution < 1.29 is 9.59 Å². The molecule has 1 atom stereocenters. The van der Waals surface area contributed by atoms with E-state index in [0.717, 1.165) is 13.0 Å². The number of carbonyl (C=O) groups is 2. The molecule has 3 rings (SSSR count). The first-order valence-electron chi connectivity index (χ1n) is 7.85. The lowest BCUT2D eigenvalue weighted by Gasteiger charge is -2.26. The molecule has 0 saturated heterocycles. The van der Waals surface area contributed by atoms with Crippen molar-refractivity contribution in [1.82, 2.24) is 5.32 Å². The van der Waals surface area contributed by atoms with E-state index in [2.05, 4.69) is 22.8 Å². The fourth-order valence-electron chi connectivity index (χ4n) is 2.96. The first kappa shape index (κ1) is 15.4. The third-order valence-electron chi connectivity index (χ3n) is 4.18. The van der Waals surface area contributed by atoms with E-state index in [9.17, 15) is 9.59 Å². The van der Waals surface area contributed by atoms with Gasteiger partial charge in [0.25, 0.3) is 0 Å². The predicted octanol–water partition coefficient (Wildman–Crippen LogP) is 3.10. The van der Waals surface area contributed by atoms with E-state index in [1.807, 2.05) is 12.1 Å². The van der Waals surface area contributed by atoms with Gasteiger partial charge in [0.2, 0.25) is 5.91 Å². The van der Waals surface area contributed by atoms with Gasteiger partial charge in [-0.3, -0.25) is 9.59 Å². The van der Waals surface area contributed by atoms with Crippen molar-refractivity contribution in [3.05, 3.63) is 65.2 Å². The fraction of sp³-hybridized carbons (Fsp3) is 0.263. The van der Waals surface area contributed by atoms with Gasteiger partial charge in [-0.2, -0.15) is 0 Å². The molecule has 0 bridgehead atoms. The second-order valence-electron chi connectivity index (χ2n) is 5.84. The first-order valence-corrected chi connectivity index (χ1v) is 7.85. The Hall–Kier alpha value is -2.46. The zero-order valence-corrected chi connectivity index (χ0v) is 13.1. The number of amides is 1. The molecule has 0 aliphatic carbocycles. The van der Waals surface area contributed by atoms with Gasteiger partial charge >= 0.3 is 0 Å². The summed E-state index contributed by atoms with van der Waals surface area (Å²) in [6.07, 6.45) is 1.40.